The molecule has 0 saturated carbocycles. The van der Waals surface area contributed by atoms with Crippen molar-refractivity contribution in [3.63, 3.8) is 0 Å². The van der Waals surface area contributed by atoms with E-state index < -0.39 is 17.5 Å². The number of carbonyl (C=O) groups excluding carboxylic acids is 2. The van der Waals surface area contributed by atoms with Gasteiger partial charge in [-0.1, -0.05) is 56.8 Å². The van der Waals surface area contributed by atoms with Gasteiger partial charge in [0.05, 0.1) is 18.6 Å². The maximum Gasteiger partial charge on any atom is 0.321 e. The Morgan fingerprint density at radius 2 is 1.73 bits per heavy atom. The van der Waals surface area contributed by atoms with Crippen LogP contribution in [0.2, 0.25) is 0 Å². The number of amides is 3. The highest BCUT2D eigenvalue weighted by Crippen LogP contribution is 2.28. The van der Waals surface area contributed by atoms with E-state index in [1.807, 2.05) is 49.6 Å². The number of nitrogens with one attached hydrogen (secondary N) is 2. The summed E-state index contributed by atoms with van der Waals surface area (Å²) in [5.41, 5.74) is 1.76. The molecule has 0 radical (unpaired) electrons. The number of nitrogens with zero attached hydrogens (tertiary/aromatic N) is 3. The molecule has 9 heteroatoms. The quantitative estimate of drug-likeness (QED) is 0.512. The third-order valence-electron chi connectivity index (χ3n) is 4.69. The molecule has 1 aromatic carbocycles. The first-order valence-corrected chi connectivity index (χ1v) is 11.7. The number of benzene rings is 1. The van der Waals surface area contributed by atoms with Crippen LogP contribution in [0.15, 0.2) is 52.2 Å². The zero-order valence-electron chi connectivity index (χ0n) is 19.9. The number of aromatic nitrogens is 3. The summed E-state index contributed by atoms with van der Waals surface area (Å²) in [6, 6.07) is 11.4. The molecule has 0 aliphatic heterocycles. The SMILES string of the molecule is CC(C)(C)NC(=O)NC(=O)CSc1nnc(-c2ccc(C(C)(C)C)cc2)n1Cc1ccco1. The Labute approximate surface area is 198 Å². The van der Waals surface area contributed by atoms with E-state index in [4.69, 9.17) is 4.42 Å². The van der Waals surface area contributed by atoms with Crippen LogP contribution in [-0.4, -0.2) is 38.0 Å². The molecule has 2 N–H and O–H groups in total. The molecular weight excluding hydrogens is 438 g/mol. The fourth-order valence-electron chi connectivity index (χ4n) is 3.09. The molecule has 3 amide bonds. The highest BCUT2D eigenvalue weighted by atomic mass is 32.2. The monoisotopic (exact) mass is 469 g/mol. The van der Waals surface area contributed by atoms with Crippen LogP contribution in [0, 0.1) is 0 Å². The van der Waals surface area contributed by atoms with Crippen molar-refractivity contribution in [1.29, 1.82) is 0 Å². The second-order valence-electron chi connectivity index (χ2n) is 9.84. The third-order valence-corrected chi connectivity index (χ3v) is 5.66. The van der Waals surface area contributed by atoms with Gasteiger partial charge in [-0.25, -0.2) is 4.79 Å². The minimum absolute atomic E-state index is 0.0246. The van der Waals surface area contributed by atoms with Crippen LogP contribution < -0.4 is 10.6 Å². The summed E-state index contributed by atoms with van der Waals surface area (Å²) in [5.74, 6) is 1.04. The summed E-state index contributed by atoms with van der Waals surface area (Å²) in [4.78, 5) is 24.2. The van der Waals surface area contributed by atoms with Gasteiger partial charge in [-0.2, -0.15) is 0 Å². The number of imide groups is 1. The Morgan fingerprint density at radius 1 is 1.03 bits per heavy atom. The van der Waals surface area contributed by atoms with E-state index in [2.05, 4.69) is 53.7 Å². The lowest BCUT2D eigenvalue weighted by Crippen LogP contribution is -2.48. The van der Waals surface area contributed by atoms with Crippen LogP contribution in [0.1, 0.15) is 52.9 Å². The lowest BCUT2D eigenvalue weighted by atomic mass is 9.87. The largest absolute Gasteiger partial charge is 0.467 e. The predicted octanol–water partition coefficient (Wildman–Crippen LogP) is 4.60. The fraction of sp³-hybridized carbons (Fsp3) is 0.417. The molecule has 0 unspecified atom stereocenters. The Morgan fingerprint density at radius 3 is 2.30 bits per heavy atom. The van der Waals surface area contributed by atoms with Crippen LogP contribution in [0.25, 0.3) is 11.4 Å². The molecule has 3 aromatic rings. The Balaban J connectivity index is 1.78. The van der Waals surface area contributed by atoms with E-state index in [0.29, 0.717) is 17.5 Å². The van der Waals surface area contributed by atoms with Crippen LogP contribution in [-0.2, 0) is 16.8 Å². The van der Waals surface area contributed by atoms with Crippen molar-refractivity contribution in [3.8, 4) is 11.4 Å². The van der Waals surface area contributed by atoms with E-state index in [-0.39, 0.29) is 11.2 Å². The van der Waals surface area contributed by atoms with E-state index in [0.717, 1.165) is 11.3 Å². The molecule has 2 heterocycles. The van der Waals surface area contributed by atoms with Gasteiger partial charge < -0.3 is 9.73 Å². The van der Waals surface area contributed by atoms with Gasteiger partial charge in [0.2, 0.25) is 5.91 Å². The summed E-state index contributed by atoms with van der Waals surface area (Å²) in [6.07, 6.45) is 1.62. The maximum atomic E-state index is 12.3. The van der Waals surface area contributed by atoms with Crippen molar-refractivity contribution < 1.29 is 14.0 Å². The van der Waals surface area contributed by atoms with Crippen LogP contribution in [0.4, 0.5) is 4.79 Å². The zero-order chi connectivity index (χ0) is 24.2. The van der Waals surface area contributed by atoms with Gasteiger partial charge in [-0.3, -0.25) is 14.7 Å². The lowest BCUT2D eigenvalue weighted by Gasteiger charge is -2.20. The van der Waals surface area contributed by atoms with Crippen molar-refractivity contribution in [2.24, 2.45) is 0 Å². The van der Waals surface area contributed by atoms with Gasteiger partial charge in [-0.05, 0) is 43.9 Å². The van der Waals surface area contributed by atoms with Crippen molar-refractivity contribution in [2.75, 3.05) is 5.75 Å². The van der Waals surface area contributed by atoms with Crippen molar-refractivity contribution in [2.45, 2.75) is 64.2 Å². The van der Waals surface area contributed by atoms with Gasteiger partial charge in [-0.15, -0.1) is 10.2 Å². The Kier molecular flexibility index (Phi) is 7.31. The first-order valence-electron chi connectivity index (χ1n) is 10.7. The molecule has 2 aromatic heterocycles. The zero-order valence-corrected chi connectivity index (χ0v) is 20.7. The summed E-state index contributed by atoms with van der Waals surface area (Å²) >= 11 is 1.22. The molecule has 176 valence electrons. The highest BCUT2D eigenvalue weighted by molar-refractivity contribution is 7.99. The van der Waals surface area contributed by atoms with E-state index in [1.54, 1.807) is 6.26 Å². The van der Waals surface area contributed by atoms with Crippen LogP contribution >= 0.6 is 11.8 Å². The normalized spacial score (nSPS) is 11.9. The summed E-state index contributed by atoms with van der Waals surface area (Å²) in [6.45, 7) is 12.5. The molecule has 0 aliphatic carbocycles. The fourth-order valence-corrected chi connectivity index (χ4v) is 3.83. The smallest absolute Gasteiger partial charge is 0.321 e. The Hall–Kier alpha value is -3.07. The number of hydrogen-bond donors (Lipinski definition) is 2. The molecule has 3 rings (SSSR count). The average molecular weight is 470 g/mol. The standard InChI is InChI=1S/C24H31N5O3S/c1-23(2,3)17-11-9-16(10-12-17)20-27-28-22(29(20)14-18-8-7-13-32-18)33-15-19(30)25-21(31)26-24(4,5)6/h7-13H,14-15H2,1-6H3,(H2,25,26,30,31). The average Bonchev–Trinajstić information content (AvgIpc) is 3.35. The minimum Gasteiger partial charge on any atom is -0.467 e. The van der Waals surface area contributed by atoms with Crippen molar-refractivity contribution in [3.05, 3.63) is 54.0 Å². The molecule has 33 heavy (non-hydrogen) atoms. The number of carbonyl (C=O) groups is 2. The molecule has 0 atom stereocenters. The van der Waals surface area contributed by atoms with Crippen molar-refractivity contribution in [1.82, 2.24) is 25.4 Å². The first-order chi connectivity index (χ1) is 15.4. The van der Waals surface area contributed by atoms with E-state index in [9.17, 15) is 9.59 Å². The molecule has 0 saturated heterocycles. The van der Waals surface area contributed by atoms with Crippen LogP contribution in [0.5, 0.6) is 0 Å². The molecule has 0 spiro atoms. The van der Waals surface area contributed by atoms with Gasteiger partial charge in [0.1, 0.15) is 5.76 Å². The number of rotatable bonds is 6. The maximum absolute atomic E-state index is 12.3. The first kappa shape index (κ1) is 24.6. The minimum atomic E-state index is -0.523. The summed E-state index contributed by atoms with van der Waals surface area (Å²) < 4.78 is 7.44. The van der Waals surface area contributed by atoms with Crippen molar-refractivity contribution >= 4 is 23.7 Å². The highest BCUT2D eigenvalue weighted by Gasteiger charge is 2.20. The van der Waals surface area contributed by atoms with Gasteiger partial charge in [0.25, 0.3) is 0 Å². The Bertz CT molecular complexity index is 1090. The predicted molar refractivity (Wildman–Crippen MR) is 129 cm³/mol. The summed E-state index contributed by atoms with van der Waals surface area (Å²) in [5, 5.41) is 14.3. The van der Waals surface area contributed by atoms with E-state index in [1.165, 1.54) is 17.3 Å². The molecule has 0 aliphatic rings. The van der Waals surface area contributed by atoms with E-state index >= 15 is 0 Å². The second-order valence-corrected chi connectivity index (χ2v) is 10.8. The number of urea groups is 1. The number of hydrogen-bond acceptors (Lipinski definition) is 6. The molecule has 8 nitrogen and oxygen atoms in total. The van der Waals surface area contributed by atoms with Gasteiger partial charge in [0.15, 0.2) is 11.0 Å². The topological polar surface area (TPSA) is 102 Å². The molecule has 0 fully saturated rings. The van der Waals surface area contributed by atoms with Gasteiger partial charge in [0, 0.05) is 11.1 Å². The van der Waals surface area contributed by atoms with Crippen LogP contribution in [0.3, 0.4) is 0 Å². The lowest BCUT2D eigenvalue weighted by molar-refractivity contribution is -0.117. The molecule has 0 bridgehead atoms. The third kappa shape index (κ3) is 6.95. The summed E-state index contributed by atoms with van der Waals surface area (Å²) in [7, 11) is 0. The van der Waals surface area contributed by atoms with Gasteiger partial charge >= 0.3 is 6.03 Å². The molecular formula is C24H31N5O3S. The number of furan rings is 1. The second kappa shape index (κ2) is 9.82. The number of thioether (sulfide) groups is 1.